The Kier molecular flexibility index (Phi) is 26.8. The maximum atomic E-state index is 9.03. The van der Waals surface area contributed by atoms with Crippen molar-refractivity contribution in [2.24, 2.45) is 35.5 Å². The third kappa shape index (κ3) is 20.4. The third-order valence-electron chi connectivity index (χ3n) is 19.8. The first-order valence-electron chi connectivity index (χ1n) is 35.0. The van der Waals surface area contributed by atoms with Gasteiger partial charge in [-0.05, 0) is 281 Å². The van der Waals surface area contributed by atoms with Crippen LogP contribution in [0.25, 0.3) is 32.9 Å². The van der Waals surface area contributed by atoms with Crippen molar-refractivity contribution in [2.45, 2.75) is 148 Å². The monoisotopic (exact) mass is 1390 g/mol. The van der Waals surface area contributed by atoms with Crippen molar-refractivity contribution in [3.63, 3.8) is 0 Å². The lowest BCUT2D eigenvalue weighted by molar-refractivity contribution is 0.173. The van der Waals surface area contributed by atoms with E-state index in [0.29, 0.717) is 0 Å². The van der Waals surface area contributed by atoms with Gasteiger partial charge in [-0.15, -0.1) is 47.5 Å². The molecule has 518 valence electrons. The molecule has 3 aliphatic carbocycles. The topological polar surface area (TPSA) is 182 Å². The van der Waals surface area contributed by atoms with Crippen LogP contribution in [0, 0.1) is 58.2 Å². The highest BCUT2D eigenvalue weighted by atomic mass is 35.5. The summed E-state index contributed by atoms with van der Waals surface area (Å²) in [4.78, 5) is 14.1. The minimum Gasteiger partial charge on any atom is -0.493 e. The molecule has 1 N–H and O–H groups in total. The van der Waals surface area contributed by atoms with Gasteiger partial charge in [0.2, 0.25) is 0 Å². The van der Waals surface area contributed by atoms with Crippen molar-refractivity contribution in [2.75, 3.05) is 101 Å². The molecule has 3 aliphatic heterocycles. The second kappa shape index (κ2) is 35.3. The lowest BCUT2D eigenvalue weighted by atomic mass is 9.91. The number of benzene rings is 3. The van der Waals surface area contributed by atoms with Crippen LogP contribution >= 0.6 is 47.5 Å². The van der Waals surface area contributed by atoms with Crippen LogP contribution in [0.5, 0.6) is 17.2 Å². The van der Waals surface area contributed by atoms with Gasteiger partial charge in [-0.1, -0.05) is 15.5 Å². The van der Waals surface area contributed by atoms with E-state index < -0.39 is 0 Å². The number of hydrogen-bond donors (Lipinski definition) is 1. The van der Waals surface area contributed by atoms with Crippen molar-refractivity contribution in [3.8, 4) is 29.4 Å². The molecule has 6 fully saturated rings. The number of hydrogen-bond acceptors (Lipinski definition) is 19. The van der Waals surface area contributed by atoms with Gasteiger partial charge in [-0.25, -0.2) is 0 Å². The Hall–Kier alpha value is -5.81. The summed E-state index contributed by atoms with van der Waals surface area (Å²) >= 11 is 3.39. The van der Waals surface area contributed by atoms with E-state index >= 15 is 0 Å². The fourth-order valence-electron chi connectivity index (χ4n) is 13.6. The number of aromatic nitrogens is 3. The van der Waals surface area contributed by atoms with Crippen molar-refractivity contribution in [3.05, 3.63) is 114 Å². The molecule has 0 spiro atoms. The van der Waals surface area contributed by atoms with Gasteiger partial charge in [0.05, 0.1) is 64.7 Å². The predicted molar refractivity (Wildman–Crippen MR) is 388 cm³/mol. The van der Waals surface area contributed by atoms with Crippen LogP contribution in [-0.4, -0.2) is 141 Å². The third-order valence-corrected chi connectivity index (χ3v) is 21.7. The fourth-order valence-corrected chi connectivity index (χ4v) is 15.3. The number of rotatable bonds is 28. The number of halogens is 2. The molecule has 3 aromatic carbocycles. The van der Waals surface area contributed by atoms with Gasteiger partial charge in [0.15, 0.2) is 16.7 Å². The van der Waals surface area contributed by atoms with Gasteiger partial charge in [0.25, 0.3) is 0 Å². The minimum atomic E-state index is 0. The Labute approximate surface area is 588 Å². The summed E-state index contributed by atoms with van der Waals surface area (Å²) in [5, 5.41) is 42.3. The average molecular weight is 1390 g/mol. The molecule has 5 aromatic heterocycles. The number of nitrogens with one attached hydrogen (secondary N) is 1. The standard InChI is InChI=1S/2C27H34N4O2S.C21H31N3O2.2ClH/c2*1-30(2)16-24-26(32-17-20-3-4-20)8-6-23-25(29-33-27(23)24)7-5-19-9-11-31(12-10-19)15-22-13-21(14-28)18-34-22;1-24(2)13-18-20(25-14-16-3-4-16)8-6-17-19(23-26-21(17)18)7-5-15-9-11-22-12-10-15;;/h2*6,8,13,18-20H,3-5,7,9-12,15-17H2,1-2H3;6,8,15-16,22H,3-5,7,9-14H2,1-2H3;2*1H. The highest BCUT2D eigenvalue weighted by Crippen LogP contribution is 2.39. The van der Waals surface area contributed by atoms with E-state index in [2.05, 4.69) is 136 Å². The number of ether oxygens (including phenoxy) is 3. The van der Waals surface area contributed by atoms with Gasteiger partial charge in [-0.3, -0.25) is 9.80 Å². The predicted octanol–water partition coefficient (Wildman–Crippen LogP) is 15.4. The summed E-state index contributed by atoms with van der Waals surface area (Å²) in [6, 6.07) is 21.3. The number of fused-ring (bicyclic) bond motifs is 3. The molecule has 0 radical (unpaired) electrons. The van der Waals surface area contributed by atoms with E-state index in [1.807, 2.05) is 22.9 Å². The normalized spacial score (nSPS) is 17.4. The van der Waals surface area contributed by atoms with E-state index in [1.165, 1.54) is 93.2 Å². The molecule has 0 bridgehead atoms. The molecule has 0 amide bonds. The summed E-state index contributed by atoms with van der Waals surface area (Å²) < 4.78 is 36.0. The van der Waals surface area contributed by atoms with Crippen LogP contribution in [0.15, 0.2) is 72.9 Å². The fraction of sp³-hybridized carbons (Fsp3) is 0.587. The summed E-state index contributed by atoms with van der Waals surface area (Å²) in [7, 11) is 12.5. The van der Waals surface area contributed by atoms with Crippen molar-refractivity contribution in [1.29, 1.82) is 10.5 Å². The van der Waals surface area contributed by atoms with Gasteiger partial charge in [0, 0.05) is 69.4 Å². The Morgan fingerprint density at radius 3 is 1.08 bits per heavy atom. The molecule has 8 aromatic rings. The average Bonchev–Trinajstić information content (AvgIpc) is 1.60. The van der Waals surface area contributed by atoms with Gasteiger partial charge in [0.1, 0.15) is 29.4 Å². The molecule has 21 heteroatoms. The van der Waals surface area contributed by atoms with Crippen molar-refractivity contribution < 1.29 is 27.8 Å². The zero-order chi connectivity index (χ0) is 64.9. The molecule has 6 aliphatic rings. The van der Waals surface area contributed by atoms with Crippen molar-refractivity contribution in [1.82, 2.24) is 45.3 Å². The molecule has 3 saturated carbocycles. The van der Waals surface area contributed by atoms with Gasteiger partial charge < -0.3 is 47.8 Å². The Morgan fingerprint density at radius 1 is 0.469 bits per heavy atom. The molecular weight excluding hydrogens is 1290 g/mol. The number of nitrogens with zero attached hydrogens (tertiary/aromatic N) is 10. The van der Waals surface area contributed by atoms with Crippen LogP contribution in [0.2, 0.25) is 0 Å². The zero-order valence-electron chi connectivity index (χ0n) is 57.4. The van der Waals surface area contributed by atoms with Crippen molar-refractivity contribution >= 4 is 80.4 Å². The summed E-state index contributed by atoms with van der Waals surface area (Å²) in [6.07, 6.45) is 21.6. The van der Waals surface area contributed by atoms with Crippen LogP contribution in [0.3, 0.4) is 0 Å². The summed E-state index contributed by atoms with van der Waals surface area (Å²) in [6.45, 7) is 13.5. The quantitative estimate of drug-likeness (QED) is 0.0488. The minimum absolute atomic E-state index is 0. The first-order chi connectivity index (χ1) is 45.9. The first-order valence-corrected chi connectivity index (χ1v) is 36.8. The highest BCUT2D eigenvalue weighted by Gasteiger charge is 2.29. The largest absolute Gasteiger partial charge is 0.493 e. The van der Waals surface area contributed by atoms with Gasteiger partial charge >= 0.3 is 0 Å². The molecule has 3 saturated heterocycles. The van der Waals surface area contributed by atoms with E-state index in [1.54, 1.807) is 22.7 Å². The smallest absolute Gasteiger partial charge is 0.175 e. The Morgan fingerprint density at radius 2 is 0.792 bits per heavy atom. The molecule has 17 nitrogen and oxygen atoms in total. The van der Waals surface area contributed by atoms with E-state index in [9.17, 15) is 0 Å². The van der Waals surface area contributed by atoms with E-state index in [-0.39, 0.29) is 24.8 Å². The molecule has 14 rings (SSSR count). The second-order valence-corrected chi connectivity index (χ2v) is 30.7. The Balaban J connectivity index is 0.000000157. The maximum Gasteiger partial charge on any atom is 0.175 e. The molecule has 8 heterocycles. The molecule has 96 heavy (non-hydrogen) atoms. The summed E-state index contributed by atoms with van der Waals surface area (Å²) in [5.74, 6) is 7.29. The number of piperidine rings is 3. The lowest BCUT2D eigenvalue weighted by Gasteiger charge is -2.31. The van der Waals surface area contributed by atoms with Gasteiger partial charge in [-0.2, -0.15) is 10.5 Å². The summed E-state index contributed by atoms with van der Waals surface area (Å²) in [5.41, 5.74) is 10.9. The Bertz CT molecular complexity index is 3630. The van der Waals surface area contributed by atoms with Crippen LogP contribution in [-0.2, 0) is 52.0 Å². The SMILES string of the molecule is CN(C)Cc1c(OCC2CC2)ccc2c(CCC3CCN(Cc4cc(C#N)cs4)CC3)noc12.CN(C)Cc1c(OCC2CC2)ccc2c(CCC3CCN(Cc4cc(C#N)cs4)CC3)noc12.CN(C)Cc1c(OCC2CC2)ccc2c(CCC3CCNCC3)noc12.Cl.Cl. The second-order valence-electron chi connectivity index (χ2n) is 28.7. The number of likely N-dealkylation sites (tertiary alicyclic amines) is 2. The molecule has 0 unspecified atom stereocenters. The van der Waals surface area contributed by atoms with Crippen LogP contribution in [0.4, 0.5) is 0 Å². The number of thiophene rings is 2. The van der Waals surface area contributed by atoms with E-state index in [4.69, 9.17) is 38.3 Å². The lowest BCUT2D eigenvalue weighted by Crippen LogP contribution is -2.33. The maximum absolute atomic E-state index is 9.03. The highest BCUT2D eigenvalue weighted by molar-refractivity contribution is 7.10. The van der Waals surface area contributed by atoms with Crippen LogP contribution in [0.1, 0.15) is 151 Å². The molecular formula is C75H101Cl2N11O6S2. The number of aryl methyl sites for hydroxylation is 3. The zero-order valence-corrected chi connectivity index (χ0v) is 60.7. The van der Waals surface area contributed by atoms with E-state index in [0.717, 1.165) is 254 Å². The van der Waals surface area contributed by atoms with Crippen LogP contribution < -0.4 is 19.5 Å². The first kappa shape index (κ1) is 72.9. The number of nitriles is 2. The molecule has 0 atom stereocenters.